The van der Waals surface area contributed by atoms with Crippen molar-refractivity contribution < 1.29 is 23.1 Å². The lowest BCUT2D eigenvalue weighted by molar-refractivity contribution is 0.0182. The van der Waals surface area contributed by atoms with Gasteiger partial charge in [0.05, 0.1) is 17.2 Å². The van der Waals surface area contributed by atoms with E-state index in [-0.39, 0.29) is 24.7 Å². The van der Waals surface area contributed by atoms with Crippen molar-refractivity contribution >= 4 is 11.6 Å². The molecule has 0 bridgehead atoms. The first-order chi connectivity index (χ1) is 9.56. The minimum atomic E-state index is -2.50. The van der Waals surface area contributed by atoms with Crippen LogP contribution in [0, 0.1) is 0 Å². The molecule has 8 heteroatoms. The van der Waals surface area contributed by atoms with Gasteiger partial charge in [0.2, 0.25) is 0 Å². The molecule has 2 rings (SSSR count). The zero-order valence-electron chi connectivity index (χ0n) is 10.2. The molecule has 0 aliphatic heterocycles. The summed E-state index contributed by atoms with van der Waals surface area (Å²) in [6.45, 7) is -0.555. The molecule has 0 unspecified atom stereocenters. The molecule has 1 N–H and O–H groups in total. The summed E-state index contributed by atoms with van der Waals surface area (Å²) in [6, 6.07) is 4.33. The van der Waals surface area contributed by atoms with Crippen LogP contribution in [0.3, 0.4) is 0 Å². The van der Waals surface area contributed by atoms with Gasteiger partial charge in [0.1, 0.15) is 12.4 Å². The summed E-state index contributed by atoms with van der Waals surface area (Å²) in [4.78, 5) is 4.06. The van der Waals surface area contributed by atoms with Crippen molar-refractivity contribution in [3.8, 4) is 17.2 Å². The van der Waals surface area contributed by atoms with Gasteiger partial charge in [0.25, 0.3) is 12.3 Å². The molecule has 0 atom stereocenters. The molecule has 0 spiro atoms. The zero-order chi connectivity index (χ0) is 14.5. The molecule has 0 saturated carbocycles. The van der Waals surface area contributed by atoms with Crippen LogP contribution in [0.1, 0.15) is 5.82 Å². The van der Waals surface area contributed by atoms with Crippen LogP contribution >= 0.6 is 11.6 Å². The Labute approximate surface area is 118 Å². The molecule has 0 aliphatic carbocycles. The third-order valence-electron chi connectivity index (χ3n) is 2.36. The second kappa shape index (κ2) is 6.62. The van der Waals surface area contributed by atoms with Gasteiger partial charge in [-0.1, -0.05) is 16.8 Å². The Kier molecular flexibility index (Phi) is 4.86. The van der Waals surface area contributed by atoms with E-state index in [1.54, 1.807) is 0 Å². The fraction of sp³-hybridized carbons (Fsp3) is 0.333. The van der Waals surface area contributed by atoms with Gasteiger partial charge < -0.3 is 14.4 Å². The molecule has 0 amide bonds. The Balaban J connectivity index is 2.00. The lowest BCUT2D eigenvalue weighted by atomic mass is 10.2. The monoisotopic (exact) mass is 304 g/mol. The van der Waals surface area contributed by atoms with Crippen molar-refractivity contribution in [3.63, 3.8) is 0 Å². The topological polar surface area (TPSA) is 68.4 Å². The Bertz CT molecular complexity index is 578. The first-order valence-electron chi connectivity index (χ1n) is 5.73. The van der Waals surface area contributed by atoms with Gasteiger partial charge in [0, 0.05) is 6.42 Å². The number of phenolic OH excluding ortho intramolecular Hbond substituents is 1. The van der Waals surface area contributed by atoms with Crippen LogP contribution in [0.4, 0.5) is 8.78 Å². The van der Waals surface area contributed by atoms with Crippen molar-refractivity contribution in [2.24, 2.45) is 0 Å². The van der Waals surface area contributed by atoms with Gasteiger partial charge in [-0.15, -0.1) is 0 Å². The molecule has 1 heterocycles. The van der Waals surface area contributed by atoms with Crippen LogP contribution in [0.2, 0.25) is 5.02 Å². The number of aromatic hydroxyl groups is 1. The van der Waals surface area contributed by atoms with Crippen molar-refractivity contribution in [1.82, 2.24) is 10.1 Å². The molecule has 0 aliphatic rings. The first kappa shape index (κ1) is 14.7. The molecule has 0 fully saturated rings. The third-order valence-corrected chi connectivity index (χ3v) is 2.69. The summed E-state index contributed by atoms with van der Waals surface area (Å²) in [5.74, 6) is 0.479. The lowest BCUT2D eigenvalue weighted by Crippen LogP contribution is -2.07. The van der Waals surface area contributed by atoms with Crippen molar-refractivity contribution in [1.29, 1.82) is 0 Å². The Morgan fingerprint density at radius 3 is 2.95 bits per heavy atom. The van der Waals surface area contributed by atoms with Gasteiger partial charge in [-0.3, -0.25) is 0 Å². The smallest absolute Gasteiger partial charge is 0.261 e. The van der Waals surface area contributed by atoms with E-state index in [0.717, 1.165) is 0 Å². The summed E-state index contributed by atoms with van der Waals surface area (Å²) in [6.07, 6.45) is -2.26. The highest BCUT2D eigenvalue weighted by molar-refractivity contribution is 6.33. The summed E-state index contributed by atoms with van der Waals surface area (Å²) in [5, 5.41) is 13.4. The summed E-state index contributed by atoms with van der Waals surface area (Å²) >= 11 is 5.95. The van der Waals surface area contributed by atoms with E-state index in [4.69, 9.17) is 20.9 Å². The maximum absolute atomic E-state index is 11.9. The molecule has 0 saturated heterocycles. The molecule has 0 radical (unpaired) electrons. The summed E-state index contributed by atoms with van der Waals surface area (Å²) in [5.41, 5.74) is 0.402. The Morgan fingerprint density at radius 1 is 1.40 bits per heavy atom. The van der Waals surface area contributed by atoms with Crippen LogP contribution < -0.4 is 0 Å². The van der Waals surface area contributed by atoms with E-state index in [9.17, 15) is 13.9 Å². The van der Waals surface area contributed by atoms with Crippen LogP contribution in [0.15, 0.2) is 22.7 Å². The number of benzene rings is 1. The number of phenols is 1. The van der Waals surface area contributed by atoms with E-state index in [2.05, 4.69) is 10.1 Å². The van der Waals surface area contributed by atoms with Crippen LogP contribution in [0.5, 0.6) is 5.75 Å². The fourth-order valence-electron chi connectivity index (χ4n) is 1.48. The second-order valence-electron chi connectivity index (χ2n) is 3.90. The van der Waals surface area contributed by atoms with E-state index < -0.39 is 13.0 Å². The summed E-state index contributed by atoms with van der Waals surface area (Å²) in [7, 11) is 0. The quantitative estimate of drug-likeness (QED) is 0.831. The van der Waals surface area contributed by atoms with E-state index in [0.29, 0.717) is 16.4 Å². The highest BCUT2D eigenvalue weighted by atomic mass is 35.5. The normalized spacial score (nSPS) is 11.2. The largest absolute Gasteiger partial charge is 0.508 e. The minimum absolute atomic E-state index is 0.0180. The standard InChI is InChI=1S/C12H11ClF2N2O3/c13-9-2-1-7(18)5-8(9)12-16-11(17-20-12)3-4-19-6-10(14)15/h1-2,5,10,18H,3-4,6H2. The predicted octanol–water partition coefficient (Wildman–Crippen LogP) is 2.92. The maximum Gasteiger partial charge on any atom is 0.261 e. The molecule has 108 valence electrons. The Morgan fingerprint density at radius 2 is 2.20 bits per heavy atom. The van der Waals surface area contributed by atoms with Gasteiger partial charge in [-0.05, 0) is 18.2 Å². The van der Waals surface area contributed by atoms with Crippen molar-refractivity contribution in [2.45, 2.75) is 12.8 Å². The second-order valence-corrected chi connectivity index (χ2v) is 4.30. The van der Waals surface area contributed by atoms with Gasteiger partial charge in [0.15, 0.2) is 5.82 Å². The van der Waals surface area contributed by atoms with Gasteiger partial charge >= 0.3 is 0 Å². The average Bonchev–Trinajstić information content (AvgIpc) is 2.86. The third kappa shape index (κ3) is 3.88. The van der Waals surface area contributed by atoms with E-state index >= 15 is 0 Å². The maximum atomic E-state index is 11.9. The van der Waals surface area contributed by atoms with E-state index in [1.165, 1.54) is 18.2 Å². The van der Waals surface area contributed by atoms with E-state index in [1.807, 2.05) is 0 Å². The average molecular weight is 305 g/mol. The number of hydrogen-bond acceptors (Lipinski definition) is 5. The van der Waals surface area contributed by atoms with Crippen LogP contribution in [-0.2, 0) is 11.2 Å². The van der Waals surface area contributed by atoms with Crippen molar-refractivity contribution in [3.05, 3.63) is 29.0 Å². The lowest BCUT2D eigenvalue weighted by Gasteiger charge is -2.00. The number of rotatable bonds is 6. The minimum Gasteiger partial charge on any atom is -0.508 e. The number of ether oxygens (including phenoxy) is 1. The summed E-state index contributed by atoms with van der Waals surface area (Å²) < 4.78 is 33.4. The van der Waals surface area contributed by atoms with Gasteiger partial charge in [-0.25, -0.2) is 8.78 Å². The molecule has 20 heavy (non-hydrogen) atoms. The number of halogens is 3. The molecule has 2 aromatic rings. The molecular formula is C12H11ClF2N2O3. The predicted molar refractivity (Wildman–Crippen MR) is 66.9 cm³/mol. The highest BCUT2D eigenvalue weighted by Gasteiger charge is 2.13. The number of aromatic nitrogens is 2. The highest BCUT2D eigenvalue weighted by Crippen LogP contribution is 2.29. The van der Waals surface area contributed by atoms with Crippen LogP contribution in [0.25, 0.3) is 11.5 Å². The molecule has 5 nitrogen and oxygen atoms in total. The molecule has 1 aromatic heterocycles. The van der Waals surface area contributed by atoms with Gasteiger partial charge in [-0.2, -0.15) is 4.98 Å². The first-order valence-corrected chi connectivity index (χ1v) is 6.11. The van der Waals surface area contributed by atoms with Crippen LogP contribution in [-0.4, -0.2) is 34.9 Å². The molecular weight excluding hydrogens is 294 g/mol. The zero-order valence-corrected chi connectivity index (χ0v) is 11.0. The SMILES string of the molecule is Oc1ccc(Cl)c(-c2nc(CCOCC(F)F)no2)c1. The number of nitrogens with zero attached hydrogens (tertiary/aromatic N) is 2. The van der Waals surface area contributed by atoms with Crippen molar-refractivity contribution in [2.75, 3.05) is 13.2 Å². The Hall–Kier alpha value is -1.73. The fourth-order valence-corrected chi connectivity index (χ4v) is 1.68. The number of alkyl halides is 2. The molecule has 1 aromatic carbocycles. The number of hydrogen-bond donors (Lipinski definition) is 1.